The molecule has 2 rings (SSSR count). The average Bonchev–Trinajstić information content (AvgIpc) is 2.49. The molecule has 0 saturated heterocycles. The zero-order valence-electron chi connectivity index (χ0n) is 12.8. The quantitative estimate of drug-likeness (QED) is 0.829. The van der Waals surface area contributed by atoms with Gasteiger partial charge in [0.25, 0.3) is 5.91 Å². The SMILES string of the molecule is C[C@H](OC(=O)c1cncc(Br)c1)C(=O)N[C@H]1CCCC[C@H]1C. The topological polar surface area (TPSA) is 68.3 Å². The van der Waals surface area contributed by atoms with E-state index in [4.69, 9.17) is 4.74 Å². The average molecular weight is 369 g/mol. The maximum Gasteiger partial charge on any atom is 0.340 e. The van der Waals surface area contributed by atoms with Crippen LogP contribution in [0.3, 0.4) is 0 Å². The van der Waals surface area contributed by atoms with Crippen molar-refractivity contribution in [3.8, 4) is 0 Å². The Morgan fingerprint density at radius 1 is 1.36 bits per heavy atom. The van der Waals surface area contributed by atoms with Gasteiger partial charge in [0.15, 0.2) is 6.10 Å². The Morgan fingerprint density at radius 3 is 2.77 bits per heavy atom. The Balaban J connectivity index is 1.89. The number of hydrogen-bond donors (Lipinski definition) is 1. The molecule has 1 aliphatic rings. The minimum absolute atomic E-state index is 0.176. The number of amides is 1. The summed E-state index contributed by atoms with van der Waals surface area (Å²) in [5, 5.41) is 3.00. The number of nitrogens with one attached hydrogen (secondary N) is 1. The number of esters is 1. The number of ether oxygens (including phenoxy) is 1. The molecular weight excluding hydrogens is 348 g/mol. The first-order valence-electron chi connectivity index (χ1n) is 7.59. The van der Waals surface area contributed by atoms with E-state index in [1.165, 1.54) is 12.6 Å². The van der Waals surface area contributed by atoms with Crippen LogP contribution in [0.4, 0.5) is 0 Å². The third kappa shape index (κ3) is 4.53. The van der Waals surface area contributed by atoms with Gasteiger partial charge >= 0.3 is 5.97 Å². The van der Waals surface area contributed by atoms with Crippen LogP contribution >= 0.6 is 15.9 Å². The molecule has 3 atom stereocenters. The second kappa shape index (κ2) is 7.72. The summed E-state index contributed by atoms with van der Waals surface area (Å²) in [6.45, 7) is 3.74. The summed E-state index contributed by atoms with van der Waals surface area (Å²) in [6, 6.07) is 1.79. The van der Waals surface area contributed by atoms with Crippen LogP contribution in [-0.4, -0.2) is 29.0 Å². The molecule has 22 heavy (non-hydrogen) atoms. The molecule has 1 saturated carbocycles. The van der Waals surface area contributed by atoms with Gasteiger partial charge in [-0.2, -0.15) is 0 Å². The van der Waals surface area contributed by atoms with Gasteiger partial charge in [0, 0.05) is 22.9 Å². The molecule has 0 radical (unpaired) electrons. The lowest BCUT2D eigenvalue weighted by Gasteiger charge is -2.30. The predicted octanol–water partition coefficient (Wildman–Crippen LogP) is 3.08. The second-order valence-electron chi connectivity index (χ2n) is 5.82. The Labute approximate surface area is 139 Å². The van der Waals surface area contributed by atoms with Gasteiger partial charge in [0.2, 0.25) is 0 Å². The molecule has 0 spiro atoms. The minimum atomic E-state index is -0.819. The van der Waals surface area contributed by atoms with Gasteiger partial charge in [0.1, 0.15) is 0 Å². The maximum atomic E-state index is 12.2. The Bertz CT molecular complexity index is 550. The molecule has 0 aliphatic heterocycles. The van der Waals surface area contributed by atoms with E-state index in [9.17, 15) is 9.59 Å². The second-order valence-corrected chi connectivity index (χ2v) is 6.73. The lowest BCUT2D eigenvalue weighted by Crippen LogP contribution is -2.46. The molecular formula is C16H21BrN2O3. The summed E-state index contributed by atoms with van der Waals surface area (Å²) in [5.41, 5.74) is 0.319. The van der Waals surface area contributed by atoms with Crippen LogP contribution < -0.4 is 5.32 Å². The minimum Gasteiger partial charge on any atom is -0.449 e. The van der Waals surface area contributed by atoms with Gasteiger partial charge in [0.05, 0.1) is 5.56 Å². The highest BCUT2D eigenvalue weighted by Crippen LogP contribution is 2.23. The Hall–Kier alpha value is -1.43. The summed E-state index contributed by atoms with van der Waals surface area (Å²) in [4.78, 5) is 28.1. The maximum absolute atomic E-state index is 12.2. The lowest BCUT2D eigenvalue weighted by atomic mass is 9.86. The van der Waals surface area contributed by atoms with Crippen molar-refractivity contribution in [2.24, 2.45) is 5.92 Å². The van der Waals surface area contributed by atoms with Crippen LogP contribution in [-0.2, 0) is 9.53 Å². The highest BCUT2D eigenvalue weighted by molar-refractivity contribution is 9.10. The van der Waals surface area contributed by atoms with Crippen molar-refractivity contribution in [3.05, 3.63) is 28.5 Å². The van der Waals surface area contributed by atoms with Crippen LogP contribution in [0.5, 0.6) is 0 Å². The van der Waals surface area contributed by atoms with Crippen molar-refractivity contribution in [1.29, 1.82) is 0 Å². The lowest BCUT2D eigenvalue weighted by molar-refractivity contribution is -0.130. The molecule has 1 aromatic rings. The van der Waals surface area contributed by atoms with Gasteiger partial charge in [-0.1, -0.05) is 19.8 Å². The van der Waals surface area contributed by atoms with E-state index in [0.29, 0.717) is 16.0 Å². The molecule has 1 N–H and O–H groups in total. The molecule has 5 nitrogen and oxygen atoms in total. The van der Waals surface area contributed by atoms with Crippen molar-refractivity contribution in [2.75, 3.05) is 0 Å². The van der Waals surface area contributed by atoms with Crippen LogP contribution in [0.2, 0.25) is 0 Å². The highest BCUT2D eigenvalue weighted by Gasteiger charge is 2.26. The zero-order valence-corrected chi connectivity index (χ0v) is 14.4. The number of carbonyl (C=O) groups excluding carboxylic acids is 2. The molecule has 1 aliphatic carbocycles. The highest BCUT2D eigenvalue weighted by atomic mass is 79.9. The van der Waals surface area contributed by atoms with Crippen LogP contribution in [0.15, 0.2) is 22.9 Å². The summed E-state index contributed by atoms with van der Waals surface area (Å²) < 4.78 is 5.91. The van der Waals surface area contributed by atoms with E-state index in [2.05, 4.69) is 33.2 Å². The van der Waals surface area contributed by atoms with Gasteiger partial charge < -0.3 is 10.1 Å². The van der Waals surface area contributed by atoms with Crippen molar-refractivity contribution in [2.45, 2.75) is 51.7 Å². The monoisotopic (exact) mass is 368 g/mol. The summed E-state index contributed by atoms with van der Waals surface area (Å²) in [6.07, 6.45) is 6.64. The summed E-state index contributed by atoms with van der Waals surface area (Å²) >= 11 is 3.25. The van der Waals surface area contributed by atoms with Crippen LogP contribution in [0, 0.1) is 5.92 Å². The van der Waals surface area contributed by atoms with Crippen molar-refractivity contribution in [3.63, 3.8) is 0 Å². The molecule has 1 heterocycles. The third-order valence-corrected chi connectivity index (χ3v) is 4.47. The summed E-state index contributed by atoms with van der Waals surface area (Å²) in [7, 11) is 0. The van der Waals surface area contributed by atoms with Crippen molar-refractivity contribution < 1.29 is 14.3 Å². The molecule has 1 amide bonds. The van der Waals surface area contributed by atoms with Crippen molar-refractivity contribution >= 4 is 27.8 Å². The van der Waals surface area contributed by atoms with E-state index in [1.807, 2.05) is 0 Å². The fourth-order valence-corrected chi connectivity index (χ4v) is 3.00. The number of rotatable bonds is 4. The fraction of sp³-hybridized carbons (Fsp3) is 0.562. The van der Waals surface area contributed by atoms with E-state index in [-0.39, 0.29) is 11.9 Å². The largest absolute Gasteiger partial charge is 0.449 e. The normalized spacial score (nSPS) is 22.7. The molecule has 0 unspecified atom stereocenters. The summed E-state index contributed by atoms with van der Waals surface area (Å²) in [5.74, 6) is -0.321. The van der Waals surface area contributed by atoms with Gasteiger partial charge in [-0.15, -0.1) is 0 Å². The molecule has 1 fully saturated rings. The first kappa shape index (κ1) is 16.9. The number of hydrogen-bond acceptors (Lipinski definition) is 4. The standard InChI is InChI=1S/C16H21BrN2O3/c1-10-5-3-4-6-14(10)19-15(20)11(2)22-16(21)12-7-13(17)9-18-8-12/h7-11,14H,3-6H2,1-2H3,(H,19,20)/t10-,11+,14+/m1/s1. The van der Waals surface area contributed by atoms with Gasteiger partial charge in [-0.3, -0.25) is 9.78 Å². The molecule has 1 aromatic heterocycles. The van der Waals surface area contributed by atoms with Gasteiger partial charge in [-0.25, -0.2) is 4.79 Å². The Kier molecular flexibility index (Phi) is 5.94. The van der Waals surface area contributed by atoms with E-state index in [0.717, 1.165) is 19.3 Å². The molecule has 0 bridgehead atoms. The fourth-order valence-electron chi connectivity index (χ4n) is 2.64. The number of nitrogens with zero attached hydrogens (tertiary/aromatic N) is 1. The number of carbonyl (C=O) groups is 2. The van der Waals surface area contributed by atoms with E-state index < -0.39 is 12.1 Å². The molecule has 0 aromatic carbocycles. The van der Waals surface area contributed by atoms with Crippen LogP contribution in [0.1, 0.15) is 49.9 Å². The molecule has 120 valence electrons. The number of aromatic nitrogens is 1. The van der Waals surface area contributed by atoms with Crippen LogP contribution in [0.25, 0.3) is 0 Å². The van der Waals surface area contributed by atoms with Crippen molar-refractivity contribution in [1.82, 2.24) is 10.3 Å². The number of pyridine rings is 1. The predicted molar refractivity (Wildman–Crippen MR) is 86.4 cm³/mol. The van der Waals surface area contributed by atoms with E-state index >= 15 is 0 Å². The smallest absolute Gasteiger partial charge is 0.340 e. The Morgan fingerprint density at radius 2 is 2.09 bits per heavy atom. The first-order chi connectivity index (χ1) is 10.5. The third-order valence-electron chi connectivity index (χ3n) is 4.03. The molecule has 6 heteroatoms. The van der Waals surface area contributed by atoms with Gasteiger partial charge in [-0.05, 0) is 47.7 Å². The van der Waals surface area contributed by atoms with E-state index in [1.54, 1.807) is 19.2 Å². The zero-order chi connectivity index (χ0) is 16.1. The number of halogens is 1. The first-order valence-corrected chi connectivity index (χ1v) is 8.38.